The molecule has 1 aliphatic heterocycles. The van der Waals surface area contributed by atoms with Gasteiger partial charge in [-0.05, 0) is 72.1 Å². The van der Waals surface area contributed by atoms with E-state index >= 15 is 0 Å². The maximum atomic E-state index is 11.5. The van der Waals surface area contributed by atoms with E-state index in [2.05, 4.69) is 10.5 Å². The quantitative estimate of drug-likeness (QED) is 0.486. The van der Waals surface area contributed by atoms with Crippen molar-refractivity contribution in [2.45, 2.75) is 6.92 Å². The van der Waals surface area contributed by atoms with Gasteiger partial charge in [0.15, 0.2) is 5.84 Å². The molecule has 3 heterocycles. The van der Waals surface area contributed by atoms with Crippen molar-refractivity contribution in [3.8, 4) is 28.1 Å². The molecule has 0 spiro atoms. The van der Waals surface area contributed by atoms with E-state index in [0.29, 0.717) is 19.0 Å². The lowest BCUT2D eigenvalue weighted by Crippen LogP contribution is -2.32. The van der Waals surface area contributed by atoms with Crippen LogP contribution in [0.25, 0.3) is 27.9 Å². The lowest BCUT2D eigenvalue weighted by Gasteiger charge is -2.15. The van der Waals surface area contributed by atoms with Crippen molar-refractivity contribution in [2.75, 3.05) is 20.3 Å². The Morgan fingerprint density at radius 3 is 2.64 bits per heavy atom. The number of nitrogens with zero attached hydrogens (tertiary/aromatic N) is 3. The summed E-state index contributed by atoms with van der Waals surface area (Å²) >= 11 is 0. The Morgan fingerprint density at radius 2 is 1.94 bits per heavy atom. The van der Waals surface area contributed by atoms with Crippen molar-refractivity contribution in [3.63, 3.8) is 0 Å². The van der Waals surface area contributed by atoms with E-state index in [1.54, 1.807) is 23.8 Å². The number of hydrogen-bond donors (Lipinski definition) is 2. The fraction of sp³-hybridized carbons (Fsp3) is 0.160. The van der Waals surface area contributed by atoms with Crippen LogP contribution >= 0.6 is 0 Å². The molecule has 2 aromatic heterocycles. The summed E-state index contributed by atoms with van der Waals surface area (Å²) in [5.41, 5.74) is 6.28. The molecule has 0 aliphatic carbocycles. The molecule has 8 nitrogen and oxygen atoms in total. The zero-order chi connectivity index (χ0) is 22.9. The first kappa shape index (κ1) is 20.6. The molecule has 0 saturated heterocycles. The van der Waals surface area contributed by atoms with E-state index in [0.717, 1.165) is 44.8 Å². The number of ether oxygens (including phenoxy) is 1. The Morgan fingerprint density at radius 1 is 1.12 bits per heavy atom. The number of oxime groups is 1. The van der Waals surface area contributed by atoms with Crippen molar-refractivity contribution in [1.82, 2.24) is 14.9 Å². The molecular formula is C25H22N4O4. The molecule has 2 aromatic carbocycles. The lowest BCUT2D eigenvalue weighted by atomic mass is 9.97. The average Bonchev–Trinajstić information content (AvgIpc) is 3.23. The summed E-state index contributed by atoms with van der Waals surface area (Å²) in [7, 11) is 1.63. The van der Waals surface area contributed by atoms with Gasteiger partial charge in [0.05, 0.1) is 30.3 Å². The number of carboxylic acids is 1. The van der Waals surface area contributed by atoms with E-state index in [-0.39, 0.29) is 5.56 Å². The number of pyridine rings is 1. The van der Waals surface area contributed by atoms with E-state index in [9.17, 15) is 9.90 Å². The Bertz CT molecular complexity index is 1390. The summed E-state index contributed by atoms with van der Waals surface area (Å²) in [4.78, 5) is 16.9. The van der Waals surface area contributed by atoms with Gasteiger partial charge in [0.1, 0.15) is 18.1 Å². The Hall–Kier alpha value is -4.33. The largest absolute Gasteiger partial charge is 0.497 e. The monoisotopic (exact) mass is 442 g/mol. The molecule has 1 aliphatic rings. The van der Waals surface area contributed by atoms with Crippen molar-refractivity contribution in [1.29, 1.82) is 0 Å². The molecule has 166 valence electrons. The number of nitrogens with one attached hydrogen (secondary N) is 1. The summed E-state index contributed by atoms with van der Waals surface area (Å²) in [6.45, 7) is 3.09. The molecule has 8 heteroatoms. The number of aromatic nitrogens is 2. The van der Waals surface area contributed by atoms with Crippen LogP contribution in [-0.2, 0) is 4.84 Å². The number of carboxylic acid groups (broad SMARTS) is 1. The van der Waals surface area contributed by atoms with Crippen LogP contribution in [0.1, 0.15) is 21.5 Å². The number of hydrogen-bond acceptors (Lipinski definition) is 6. The number of amidine groups is 1. The highest BCUT2D eigenvalue weighted by molar-refractivity contribution is 6.10. The second-order valence-corrected chi connectivity index (χ2v) is 7.73. The predicted octanol–water partition coefficient (Wildman–Crippen LogP) is 3.96. The number of aryl methyl sites for hydroxylation is 1. The molecule has 2 N–H and O–H groups in total. The first-order valence-corrected chi connectivity index (χ1v) is 10.5. The van der Waals surface area contributed by atoms with Crippen LogP contribution in [-0.4, -0.2) is 46.8 Å². The average molecular weight is 442 g/mol. The molecule has 0 fully saturated rings. The number of benzene rings is 2. The van der Waals surface area contributed by atoms with Gasteiger partial charge in [-0.15, -0.1) is 0 Å². The third-order valence-corrected chi connectivity index (χ3v) is 5.67. The molecule has 5 rings (SSSR count). The third-order valence-electron chi connectivity index (χ3n) is 5.67. The second kappa shape index (κ2) is 8.31. The normalized spacial score (nSPS) is 13.2. The van der Waals surface area contributed by atoms with Crippen molar-refractivity contribution >= 4 is 17.3 Å². The summed E-state index contributed by atoms with van der Waals surface area (Å²) in [5.74, 6) is 0.411. The number of carbonyl (C=O) groups is 1. The van der Waals surface area contributed by atoms with Gasteiger partial charge in [-0.25, -0.2) is 9.31 Å². The Labute approximate surface area is 190 Å². The molecule has 0 radical (unpaired) electrons. The van der Waals surface area contributed by atoms with Crippen molar-refractivity contribution < 1.29 is 19.5 Å². The first-order valence-electron chi connectivity index (χ1n) is 10.5. The van der Waals surface area contributed by atoms with Crippen LogP contribution in [0.2, 0.25) is 0 Å². The number of aromatic carboxylic acids is 1. The molecule has 0 atom stereocenters. The topological polar surface area (TPSA) is 97.5 Å². The minimum absolute atomic E-state index is 0.245. The zero-order valence-electron chi connectivity index (χ0n) is 18.2. The number of methoxy groups -OCH3 is 1. The van der Waals surface area contributed by atoms with Gasteiger partial charge < -0.3 is 20.0 Å². The van der Waals surface area contributed by atoms with Gasteiger partial charge in [0, 0.05) is 11.8 Å². The SMILES string of the molecule is COc1ccc(-c2nn3ccc(-c4cc(C(=O)O)ccc4C)cc3c2C2=NOCCN2)cc1. The van der Waals surface area contributed by atoms with Gasteiger partial charge in [0.25, 0.3) is 0 Å². The van der Waals surface area contributed by atoms with Crippen molar-refractivity contribution in [3.05, 3.63) is 77.5 Å². The Balaban J connectivity index is 1.72. The van der Waals surface area contributed by atoms with Gasteiger partial charge in [-0.1, -0.05) is 11.2 Å². The minimum Gasteiger partial charge on any atom is -0.497 e. The molecule has 0 bridgehead atoms. The number of fused-ring (bicyclic) bond motifs is 1. The number of rotatable bonds is 5. The van der Waals surface area contributed by atoms with Crippen LogP contribution in [0.3, 0.4) is 0 Å². The summed E-state index contributed by atoms with van der Waals surface area (Å²) in [6, 6.07) is 16.8. The van der Waals surface area contributed by atoms with Gasteiger partial charge in [0.2, 0.25) is 0 Å². The van der Waals surface area contributed by atoms with E-state index < -0.39 is 5.97 Å². The predicted molar refractivity (Wildman–Crippen MR) is 125 cm³/mol. The van der Waals surface area contributed by atoms with Gasteiger partial charge >= 0.3 is 5.97 Å². The molecule has 4 aromatic rings. The lowest BCUT2D eigenvalue weighted by molar-refractivity contribution is 0.0697. The third kappa shape index (κ3) is 3.76. The summed E-state index contributed by atoms with van der Waals surface area (Å²) in [6.07, 6.45) is 1.87. The minimum atomic E-state index is -0.956. The second-order valence-electron chi connectivity index (χ2n) is 7.73. The molecule has 33 heavy (non-hydrogen) atoms. The fourth-order valence-corrected chi connectivity index (χ4v) is 3.96. The van der Waals surface area contributed by atoms with Gasteiger partial charge in [-0.2, -0.15) is 5.10 Å². The van der Waals surface area contributed by atoms with E-state index in [1.165, 1.54) is 0 Å². The highest BCUT2D eigenvalue weighted by Crippen LogP contribution is 2.32. The highest BCUT2D eigenvalue weighted by atomic mass is 16.6. The molecule has 0 amide bonds. The summed E-state index contributed by atoms with van der Waals surface area (Å²) in [5, 5.41) is 21.8. The van der Waals surface area contributed by atoms with Crippen LogP contribution < -0.4 is 10.1 Å². The van der Waals surface area contributed by atoms with Gasteiger partial charge in [-0.3, -0.25) is 0 Å². The smallest absolute Gasteiger partial charge is 0.335 e. The maximum absolute atomic E-state index is 11.5. The van der Waals surface area contributed by atoms with Crippen LogP contribution in [0.15, 0.2) is 65.9 Å². The van der Waals surface area contributed by atoms with E-state index in [1.807, 2.05) is 55.6 Å². The van der Waals surface area contributed by atoms with Crippen LogP contribution in [0, 0.1) is 6.92 Å². The Kier molecular flexibility index (Phi) is 5.18. The molecular weight excluding hydrogens is 420 g/mol. The fourth-order valence-electron chi connectivity index (χ4n) is 3.96. The molecule has 0 saturated carbocycles. The first-order chi connectivity index (χ1) is 16.0. The summed E-state index contributed by atoms with van der Waals surface area (Å²) < 4.78 is 7.09. The molecule has 0 unspecified atom stereocenters. The standard InChI is InChI=1S/C25H22N4O4/c1-15-3-4-18(25(30)31)13-20(15)17-9-11-29-21(14-17)22(24-26-10-12-33-28-24)23(27-29)16-5-7-19(32-2)8-6-16/h3-9,11,13-14H,10,12H2,1-2H3,(H,26,28)(H,30,31). The highest BCUT2D eigenvalue weighted by Gasteiger charge is 2.22. The van der Waals surface area contributed by atoms with Crippen LogP contribution in [0.5, 0.6) is 5.75 Å². The van der Waals surface area contributed by atoms with Crippen molar-refractivity contribution in [2.24, 2.45) is 5.16 Å². The van der Waals surface area contributed by atoms with E-state index in [4.69, 9.17) is 14.7 Å². The van der Waals surface area contributed by atoms with Crippen LogP contribution in [0.4, 0.5) is 0 Å². The maximum Gasteiger partial charge on any atom is 0.335 e. The zero-order valence-corrected chi connectivity index (χ0v) is 18.2.